The highest BCUT2D eigenvalue weighted by Crippen LogP contribution is 2.10. The number of ether oxygens (including phenoxy) is 1. The summed E-state index contributed by atoms with van der Waals surface area (Å²) in [6, 6.07) is 11.2. The summed E-state index contributed by atoms with van der Waals surface area (Å²) in [5.74, 6) is -1.43. The van der Waals surface area contributed by atoms with Crippen LogP contribution in [0.4, 0.5) is 9.18 Å². The molecule has 0 bridgehead atoms. The van der Waals surface area contributed by atoms with Gasteiger partial charge in [-0.25, -0.2) is 14.6 Å². The van der Waals surface area contributed by atoms with E-state index in [4.69, 9.17) is 4.74 Å². The third-order valence-corrected chi connectivity index (χ3v) is 3.34. The van der Waals surface area contributed by atoms with Crippen LogP contribution in [-0.4, -0.2) is 12.0 Å². The lowest BCUT2D eigenvalue weighted by molar-refractivity contribution is 0.0901. The Kier molecular flexibility index (Phi) is 5.30. The molecule has 0 radical (unpaired) electrons. The third-order valence-electron chi connectivity index (χ3n) is 3.34. The van der Waals surface area contributed by atoms with Crippen LogP contribution < -0.4 is 10.9 Å². The summed E-state index contributed by atoms with van der Waals surface area (Å²) in [6.45, 7) is 4.03. The average Bonchev–Trinajstić information content (AvgIpc) is 2.54. The monoisotopic (exact) mass is 316 g/mol. The quantitative estimate of drug-likeness (QED) is 0.855. The molecule has 2 amide bonds. The van der Waals surface area contributed by atoms with E-state index in [0.717, 1.165) is 22.8 Å². The Labute approximate surface area is 133 Å². The maximum Gasteiger partial charge on any atom is 0.426 e. The van der Waals surface area contributed by atoms with Gasteiger partial charge in [0.25, 0.3) is 5.91 Å². The van der Waals surface area contributed by atoms with Crippen molar-refractivity contribution in [3.63, 3.8) is 0 Å². The number of amides is 2. The predicted octanol–water partition coefficient (Wildman–Crippen LogP) is 3.01. The molecule has 2 aromatic carbocycles. The molecule has 23 heavy (non-hydrogen) atoms. The number of halogens is 1. The first-order valence-corrected chi connectivity index (χ1v) is 7.01. The van der Waals surface area contributed by atoms with Crippen molar-refractivity contribution < 1.29 is 18.7 Å². The van der Waals surface area contributed by atoms with Gasteiger partial charge in [0.05, 0.1) is 5.56 Å². The first-order chi connectivity index (χ1) is 11.0. The lowest BCUT2D eigenvalue weighted by atomic mass is 10.1. The van der Waals surface area contributed by atoms with E-state index in [9.17, 15) is 14.0 Å². The smallest absolute Gasteiger partial charge is 0.426 e. The largest absolute Gasteiger partial charge is 0.443 e. The molecule has 2 rings (SSSR count). The minimum absolute atomic E-state index is 0.0719. The standard InChI is InChI=1S/C17H17FN2O3/c1-11-7-8-13(9-12(11)2)10-23-17(22)20-19-16(21)14-5-3-4-6-15(14)18/h3-9H,10H2,1-2H3,(H,19,21)(H,20,22). The van der Waals surface area contributed by atoms with Crippen LogP contribution in [0.1, 0.15) is 27.0 Å². The molecule has 0 unspecified atom stereocenters. The molecule has 0 aliphatic rings. The van der Waals surface area contributed by atoms with Gasteiger partial charge in [0.15, 0.2) is 0 Å². The van der Waals surface area contributed by atoms with Crippen molar-refractivity contribution in [3.05, 3.63) is 70.5 Å². The summed E-state index contributed by atoms with van der Waals surface area (Å²) in [4.78, 5) is 23.3. The van der Waals surface area contributed by atoms with E-state index < -0.39 is 17.8 Å². The fraction of sp³-hybridized carbons (Fsp3) is 0.176. The SMILES string of the molecule is Cc1ccc(COC(=O)NNC(=O)c2ccccc2F)cc1C. The van der Waals surface area contributed by atoms with Crippen LogP contribution in [0, 0.1) is 19.7 Å². The fourth-order valence-electron chi connectivity index (χ4n) is 1.90. The Balaban J connectivity index is 1.82. The van der Waals surface area contributed by atoms with Gasteiger partial charge in [0, 0.05) is 0 Å². The Hall–Kier alpha value is -2.89. The van der Waals surface area contributed by atoms with Crippen LogP contribution in [0.5, 0.6) is 0 Å². The maximum absolute atomic E-state index is 13.4. The van der Waals surface area contributed by atoms with Gasteiger partial charge in [-0.3, -0.25) is 10.2 Å². The highest BCUT2D eigenvalue weighted by molar-refractivity contribution is 5.95. The van der Waals surface area contributed by atoms with Crippen LogP contribution >= 0.6 is 0 Å². The van der Waals surface area contributed by atoms with E-state index in [-0.39, 0.29) is 12.2 Å². The molecule has 0 fully saturated rings. The van der Waals surface area contributed by atoms with Crippen molar-refractivity contribution >= 4 is 12.0 Å². The van der Waals surface area contributed by atoms with E-state index in [1.54, 1.807) is 0 Å². The first kappa shape index (κ1) is 16.5. The van der Waals surface area contributed by atoms with E-state index in [1.807, 2.05) is 32.0 Å². The van der Waals surface area contributed by atoms with Gasteiger partial charge in [0.1, 0.15) is 12.4 Å². The molecule has 0 aliphatic heterocycles. The number of hydrogen-bond donors (Lipinski definition) is 2. The lowest BCUT2D eigenvalue weighted by Crippen LogP contribution is -2.42. The Morgan fingerprint density at radius 2 is 1.78 bits per heavy atom. The van der Waals surface area contributed by atoms with E-state index in [0.29, 0.717) is 0 Å². The van der Waals surface area contributed by atoms with Gasteiger partial charge in [-0.05, 0) is 42.7 Å². The molecule has 0 atom stereocenters. The molecule has 2 aromatic rings. The van der Waals surface area contributed by atoms with Gasteiger partial charge >= 0.3 is 6.09 Å². The number of benzene rings is 2. The molecular formula is C17H17FN2O3. The molecule has 120 valence electrons. The van der Waals surface area contributed by atoms with Crippen LogP contribution in [0.3, 0.4) is 0 Å². The molecule has 0 heterocycles. The van der Waals surface area contributed by atoms with Crippen molar-refractivity contribution in [2.45, 2.75) is 20.5 Å². The third kappa shape index (κ3) is 4.54. The van der Waals surface area contributed by atoms with Crippen molar-refractivity contribution in [3.8, 4) is 0 Å². The number of rotatable bonds is 3. The number of nitrogens with one attached hydrogen (secondary N) is 2. The van der Waals surface area contributed by atoms with E-state index >= 15 is 0 Å². The van der Waals surface area contributed by atoms with Gasteiger partial charge in [0.2, 0.25) is 0 Å². The summed E-state index contributed by atoms with van der Waals surface area (Å²) < 4.78 is 18.4. The molecule has 0 saturated carbocycles. The molecule has 0 saturated heterocycles. The van der Waals surface area contributed by atoms with Crippen LogP contribution in [0.25, 0.3) is 0 Å². The van der Waals surface area contributed by atoms with Crippen LogP contribution in [0.15, 0.2) is 42.5 Å². The molecule has 6 heteroatoms. The zero-order chi connectivity index (χ0) is 16.8. The minimum atomic E-state index is -0.826. The summed E-state index contributed by atoms with van der Waals surface area (Å²) in [5, 5.41) is 0. The number of carbonyl (C=O) groups is 2. The Morgan fingerprint density at radius 1 is 1.04 bits per heavy atom. The number of aryl methyl sites for hydroxylation is 2. The highest BCUT2D eigenvalue weighted by atomic mass is 19.1. The predicted molar refractivity (Wildman–Crippen MR) is 83.1 cm³/mol. The fourth-order valence-corrected chi connectivity index (χ4v) is 1.90. The first-order valence-electron chi connectivity index (χ1n) is 7.01. The van der Waals surface area contributed by atoms with Gasteiger partial charge in [-0.1, -0.05) is 30.3 Å². The Morgan fingerprint density at radius 3 is 2.48 bits per heavy atom. The van der Waals surface area contributed by atoms with Crippen molar-refractivity contribution in [1.29, 1.82) is 0 Å². The second kappa shape index (κ2) is 7.40. The van der Waals surface area contributed by atoms with Crippen LogP contribution in [-0.2, 0) is 11.3 Å². The molecule has 2 N–H and O–H groups in total. The van der Waals surface area contributed by atoms with Crippen molar-refractivity contribution in [2.75, 3.05) is 0 Å². The molecular weight excluding hydrogens is 299 g/mol. The second-order valence-corrected chi connectivity index (χ2v) is 5.05. The summed E-state index contributed by atoms with van der Waals surface area (Å²) in [5.41, 5.74) is 7.09. The lowest BCUT2D eigenvalue weighted by Gasteiger charge is -2.09. The zero-order valence-electron chi connectivity index (χ0n) is 12.9. The number of carbonyl (C=O) groups excluding carboxylic acids is 2. The van der Waals surface area contributed by atoms with E-state index in [2.05, 4.69) is 10.9 Å². The number of hydrazine groups is 1. The summed E-state index contributed by atoms with van der Waals surface area (Å²) in [6.07, 6.45) is -0.826. The topological polar surface area (TPSA) is 67.4 Å². The molecule has 0 aromatic heterocycles. The Bertz CT molecular complexity index is 732. The normalized spacial score (nSPS) is 10.0. The summed E-state index contributed by atoms with van der Waals surface area (Å²) >= 11 is 0. The van der Waals surface area contributed by atoms with E-state index in [1.165, 1.54) is 18.2 Å². The summed E-state index contributed by atoms with van der Waals surface area (Å²) in [7, 11) is 0. The second-order valence-electron chi connectivity index (χ2n) is 5.05. The van der Waals surface area contributed by atoms with Gasteiger partial charge in [-0.15, -0.1) is 0 Å². The highest BCUT2D eigenvalue weighted by Gasteiger charge is 2.12. The van der Waals surface area contributed by atoms with Crippen molar-refractivity contribution in [2.24, 2.45) is 0 Å². The molecule has 5 nitrogen and oxygen atoms in total. The minimum Gasteiger partial charge on any atom is -0.443 e. The number of hydrogen-bond acceptors (Lipinski definition) is 3. The average molecular weight is 316 g/mol. The maximum atomic E-state index is 13.4. The van der Waals surface area contributed by atoms with Gasteiger partial charge in [-0.2, -0.15) is 0 Å². The zero-order valence-corrected chi connectivity index (χ0v) is 12.9. The van der Waals surface area contributed by atoms with Crippen LogP contribution in [0.2, 0.25) is 0 Å². The molecule has 0 aliphatic carbocycles. The van der Waals surface area contributed by atoms with Gasteiger partial charge < -0.3 is 4.74 Å². The molecule has 0 spiro atoms. The van der Waals surface area contributed by atoms with Crippen molar-refractivity contribution in [1.82, 2.24) is 10.9 Å².